The number of rotatable bonds is 7. The summed E-state index contributed by atoms with van der Waals surface area (Å²) in [5.41, 5.74) is 4.43. The van der Waals surface area contributed by atoms with Gasteiger partial charge >= 0.3 is 0 Å². The van der Waals surface area contributed by atoms with Gasteiger partial charge < -0.3 is 14.6 Å². The van der Waals surface area contributed by atoms with Crippen LogP contribution in [0, 0.1) is 6.92 Å². The summed E-state index contributed by atoms with van der Waals surface area (Å²) in [6, 6.07) is 25.9. The third kappa shape index (κ3) is 4.08. The van der Waals surface area contributed by atoms with E-state index in [1.807, 2.05) is 60.5 Å². The summed E-state index contributed by atoms with van der Waals surface area (Å²) in [6.07, 6.45) is 2.02. The van der Waals surface area contributed by atoms with Crippen LogP contribution in [0.1, 0.15) is 29.7 Å². The van der Waals surface area contributed by atoms with Gasteiger partial charge in [-0.15, -0.1) is 0 Å². The first-order valence-electron chi connectivity index (χ1n) is 10.3. The lowest BCUT2D eigenvalue weighted by Gasteiger charge is -2.31. The van der Waals surface area contributed by atoms with Gasteiger partial charge in [0.25, 0.3) is 5.91 Å². The minimum absolute atomic E-state index is 0.00255. The highest BCUT2D eigenvalue weighted by atomic mass is 16.5. The molecule has 0 spiro atoms. The predicted molar refractivity (Wildman–Crippen MR) is 121 cm³/mol. The summed E-state index contributed by atoms with van der Waals surface area (Å²) in [7, 11) is 0. The molecule has 0 fully saturated rings. The average molecular weight is 399 g/mol. The number of carbonyl (C=O) groups excluding carboxylic acids is 1. The molecule has 0 bridgehead atoms. The molecule has 3 aromatic carbocycles. The summed E-state index contributed by atoms with van der Waals surface area (Å²) < 4.78 is 5.76. The van der Waals surface area contributed by atoms with E-state index in [0.29, 0.717) is 12.3 Å². The van der Waals surface area contributed by atoms with Crippen molar-refractivity contribution in [2.75, 3.05) is 13.2 Å². The Bertz CT molecular complexity index is 1120. The minimum atomic E-state index is -0.196. The Labute approximate surface area is 177 Å². The largest absolute Gasteiger partial charge is 0.484 e. The molecule has 0 aliphatic carbocycles. The van der Waals surface area contributed by atoms with E-state index in [9.17, 15) is 4.79 Å². The fourth-order valence-corrected chi connectivity index (χ4v) is 3.84. The van der Waals surface area contributed by atoms with Gasteiger partial charge in [0, 0.05) is 29.2 Å². The highest BCUT2D eigenvalue weighted by Gasteiger charge is 2.28. The molecule has 4 nitrogen and oxygen atoms in total. The molecule has 0 saturated heterocycles. The second-order valence-electron chi connectivity index (χ2n) is 7.38. The monoisotopic (exact) mass is 398 g/mol. The first-order chi connectivity index (χ1) is 14.7. The normalized spacial score (nSPS) is 11.9. The maximum absolute atomic E-state index is 13.3. The zero-order chi connectivity index (χ0) is 20.9. The average Bonchev–Trinajstić information content (AvgIpc) is 3.21. The Kier molecular flexibility index (Phi) is 5.84. The molecule has 1 atom stereocenters. The fraction of sp³-hybridized carbons (Fsp3) is 0.192. The van der Waals surface area contributed by atoms with Gasteiger partial charge in [0.05, 0.1) is 6.04 Å². The summed E-state index contributed by atoms with van der Waals surface area (Å²) in [5.74, 6) is 0.651. The van der Waals surface area contributed by atoms with Crippen LogP contribution in [0.5, 0.6) is 5.75 Å². The maximum Gasteiger partial charge on any atom is 0.261 e. The molecule has 0 radical (unpaired) electrons. The number of fused-ring (bicyclic) bond motifs is 1. The van der Waals surface area contributed by atoms with E-state index in [-0.39, 0.29) is 18.6 Å². The van der Waals surface area contributed by atoms with Gasteiger partial charge in [-0.25, -0.2) is 0 Å². The number of aromatic amines is 1. The molecule has 4 heteroatoms. The van der Waals surface area contributed by atoms with Crippen molar-refractivity contribution >= 4 is 16.8 Å². The Morgan fingerprint density at radius 1 is 0.967 bits per heavy atom. The molecular formula is C26H26N2O2. The SMILES string of the molecule is CCN(C(=O)COc1ccccc1)[C@@H](c1ccc(C)cc1)c1c[nH]c2ccccc12. The van der Waals surface area contributed by atoms with E-state index in [1.165, 1.54) is 5.56 Å². The fourth-order valence-electron chi connectivity index (χ4n) is 3.84. The van der Waals surface area contributed by atoms with Crippen LogP contribution in [-0.2, 0) is 4.79 Å². The highest BCUT2D eigenvalue weighted by Crippen LogP contribution is 2.34. The van der Waals surface area contributed by atoms with Gasteiger partial charge in [-0.05, 0) is 37.6 Å². The van der Waals surface area contributed by atoms with Crippen LogP contribution in [0.3, 0.4) is 0 Å². The Hall–Kier alpha value is -3.53. The molecule has 1 N–H and O–H groups in total. The number of carbonyl (C=O) groups is 1. The molecule has 1 heterocycles. The van der Waals surface area contributed by atoms with E-state index in [4.69, 9.17) is 4.74 Å². The molecule has 0 saturated carbocycles. The first-order valence-corrected chi connectivity index (χ1v) is 10.3. The summed E-state index contributed by atoms with van der Waals surface area (Å²) >= 11 is 0. The van der Waals surface area contributed by atoms with Gasteiger partial charge in [-0.1, -0.05) is 66.2 Å². The molecular weight excluding hydrogens is 372 g/mol. The topological polar surface area (TPSA) is 45.3 Å². The molecule has 4 aromatic rings. The van der Waals surface area contributed by atoms with Gasteiger partial charge in [-0.2, -0.15) is 0 Å². The van der Waals surface area contributed by atoms with Crippen LogP contribution in [-0.4, -0.2) is 28.9 Å². The van der Waals surface area contributed by atoms with E-state index < -0.39 is 0 Å². The van der Waals surface area contributed by atoms with Crippen LogP contribution in [0.25, 0.3) is 10.9 Å². The summed E-state index contributed by atoms with van der Waals surface area (Å²) in [6.45, 7) is 4.66. The molecule has 1 amide bonds. The van der Waals surface area contributed by atoms with Crippen LogP contribution >= 0.6 is 0 Å². The minimum Gasteiger partial charge on any atom is -0.484 e. The van der Waals surface area contributed by atoms with Crippen molar-refractivity contribution in [1.82, 2.24) is 9.88 Å². The van der Waals surface area contributed by atoms with Crippen molar-refractivity contribution in [2.45, 2.75) is 19.9 Å². The number of likely N-dealkylation sites (N-methyl/N-ethyl adjacent to an activating group) is 1. The lowest BCUT2D eigenvalue weighted by Crippen LogP contribution is -2.38. The van der Waals surface area contributed by atoms with E-state index in [0.717, 1.165) is 22.0 Å². The number of para-hydroxylation sites is 2. The van der Waals surface area contributed by atoms with Gasteiger partial charge in [0.2, 0.25) is 0 Å². The number of amides is 1. The van der Waals surface area contributed by atoms with Crippen molar-refractivity contribution in [3.05, 3.63) is 102 Å². The number of aromatic nitrogens is 1. The zero-order valence-corrected chi connectivity index (χ0v) is 17.3. The molecule has 0 aliphatic rings. The number of hydrogen-bond acceptors (Lipinski definition) is 2. The van der Waals surface area contributed by atoms with Crippen molar-refractivity contribution in [3.8, 4) is 5.75 Å². The number of aryl methyl sites for hydroxylation is 1. The van der Waals surface area contributed by atoms with Crippen molar-refractivity contribution in [3.63, 3.8) is 0 Å². The van der Waals surface area contributed by atoms with Crippen LogP contribution in [0.15, 0.2) is 85.1 Å². The van der Waals surface area contributed by atoms with Crippen molar-refractivity contribution in [2.24, 2.45) is 0 Å². The molecule has 1 aromatic heterocycles. The first kappa shape index (κ1) is 19.8. The van der Waals surface area contributed by atoms with Gasteiger partial charge in [-0.3, -0.25) is 4.79 Å². The lowest BCUT2D eigenvalue weighted by molar-refractivity contribution is -0.134. The zero-order valence-electron chi connectivity index (χ0n) is 17.3. The van der Waals surface area contributed by atoms with Gasteiger partial charge in [0.1, 0.15) is 5.75 Å². The number of hydrogen-bond donors (Lipinski definition) is 1. The number of H-pyrrole nitrogens is 1. The van der Waals surface area contributed by atoms with Crippen molar-refractivity contribution < 1.29 is 9.53 Å². The summed E-state index contributed by atoms with van der Waals surface area (Å²) in [5, 5.41) is 1.12. The summed E-state index contributed by atoms with van der Waals surface area (Å²) in [4.78, 5) is 18.5. The molecule has 0 unspecified atom stereocenters. The second-order valence-corrected chi connectivity index (χ2v) is 7.38. The van der Waals surface area contributed by atoms with E-state index in [2.05, 4.69) is 48.3 Å². The molecule has 30 heavy (non-hydrogen) atoms. The molecule has 0 aliphatic heterocycles. The number of benzene rings is 3. The maximum atomic E-state index is 13.3. The second kappa shape index (κ2) is 8.87. The van der Waals surface area contributed by atoms with E-state index in [1.54, 1.807) is 0 Å². The standard InChI is InChI=1S/C26H26N2O2/c1-3-28(25(29)18-30-21-9-5-4-6-10-21)26(20-15-13-19(2)14-16-20)23-17-27-24-12-8-7-11-22(23)24/h4-17,26-27H,3,18H2,1-2H3/t26-/m0/s1. The van der Waals surface area contributed by atoms with E-state index >= 15 is 0 Å². The number of ether oxygens (including phenoxy) is 1. The lowest BCUT2D eigenvalue weighted by atomic mass is 9.95. The van der Waals surface area contributed by atoms with Crippen LogP contribution < -0.4 is 4.74 Å². The van der Waals surface area contributed by atoms with Crippen LogP contribution in [0.2, 0.25) is 0 Å². The predicted octanol–water partition coefficient (Wildman–Crippen LogP) is 5.49. The van der Waals surface area contributed by atoms with Crippen LogP contribution in [0.4, 0.5) is 0 Å². The number of nitrogens with zero attached hydrogens (tertiary/aromatic N) is 1. The Morgan fingerprint density at radius 3 is 2.40 bits per heavy atom. The highest BCUT2D eigenvalue weighted by molar-refractivity contribution is 5.86. The number of nitrogens with one attached hydrogen (secondary N) is 1. The Morgan fingerprint density at radius 2 is 1.67 bits per heavy atom. The van der Waals surface area contributed by atoms with Gasteiger partial charge in [0.15, 0.2) is 6.61 Å². The molecule has 4 rings (SSSR count). The Balaban J connectivity index is 1.70. The quantitative estimate of drug-likeness (QED) is 0.447. The third-order valence-corrected chi connectivity index (χ3v) is 5.39. The smallest absolute Gasteiger partial charge is 0.261 e. The third-order valence-electron chi connectivity index (χ3n) is 5.39. The van der Waals surface area contributed by atoms with Crippen molar-refractivity contribution in [1.29, 1.82) is 0 Å². The molecule has 152 valence electrons.